The predicted octanol–water partition coefficient (Wildman–Crippen LogP) is 3.49. The van der Waals surface area contributed by atoms with Gasteiger partial charge in [-0.25, -0.2) is 4.79 Å². The van der Waals surface area contributed by atoms with Crippen LogP contribution in [0.1, 0.15) is 30.5 Å². The van der Waals surface area contributed by atoms with Gasteiger partial charge in [0, 0.05) is 12.3 Å². The maximum Gasteiger partial charge on any atom is 0.319 e. The zero-order valence-electron chi connectivity index (χ0n) is 12.8. The molecule has 2 aromatic rings. The molecule has 2 rings (SSSR count). The summed E-state index contributed by atoms with van der Waals surface area (Å²) in [5.74, 6) is 0. The lowest BCUT2D eigenvalue weighted by Crippen LogP contribution is -2.33. The Morgan fingerprint density at radius 2 is 1.77 bits per heavy atom. The van der Waals surface area contributed by atoms with Gasteiger partial charge in [0.05, 0.1) is 6.04 Å². The van der Waals surface area contributed by atoms with Crippen molar-refractivity contribution in [2.45, 2.75) is 25.8 Å². The number of aryl methyl sites for hydroxylation is 1. The van der Waals surface area contributed by atoms with Crippen molar-refractivity contribution in [3.8, 4) is 0 Å². The fourth-order valence-electron chi connectivity index (χ4n) is 2.40. The molecule has 4 heteroatoms. The molecule has 116 valence electrons. The van der Waals surface area contributed by atoms with Crippen molar-refractivity contribution in [1.82, 2.24) is 5.32 Å². The van der Waals surface area contributed by atoms with Gasteiger partial charge in [0.2, 0.25) is 0 Å². The minimum absolute atomic E-state index is 0.0192. The quantitative estimate of drug-likeness (QED) is 0.764. The number of rotatable bonds is 6. The maximum absolute atomic E-state index is 12.2. The van der Waals surface area contributed by atoms with Gasteiger partial charge in [-0.2, -0.15) is 0 Å². The lowest BCUT2D eigenvalue weighted by Gasteiger charge is -2.19. The van der Waals surface area contributed by atoms with E-state index in [2.05, 4.69) is 17.6 Å². The third kappa shape index (κ3) is 4.33. The van der Waals surface area contributed by atoms with E-state index in [1.54, 1.807) is 0 Å². The van der Waals surface area contributed by atoms with E-state index in [1.165, 1.54) is 0 Å². The number of para-hydroxylation sites is 1. The lowest BCUT2D eigenvalue weighted by atomic mass is 10.0. The third-order valence-electron chi connectivity index (χ3n) is 3.57. The Labute approximate surface area is 131 Å². The monoisotopic (exact) mass is 298 g/mol. The van der Waals surface area contributed by atoms with Gasteiger partial charge in [0.15, 0.2) is 0 Å². The van der Waals surface area contributed by atoms with Crippen molar-refractivity contribution in [3.63, 3.8) is 0 Å². The van der Waals surface area contributed by atoms with E-state index in [0.717, 1.165) is 23.2 Å². The number of amides is 2. The molecule has 1 atom stereocenters. The fourth-order valence-corrected chi connectivity index (χ4v) is 2.40. The van der Waals surface area contributed by atoms with Crippen molar-refractivity contribution >= 4 is 11.7 Å². The molecule has 0 heterocycles. The standard InChI is InChI=1S/C18H22N2O2/c1-2-14-8-6-7-11-16(14)19-18(22)20-17(12-13-21)15-9-4-3-5-10-15/h3-11,17,21H,2,12-13H2,1H3,(H2,19,20,22)/t17-/m1/s1. The van der Waals surface area contributed by atoms with Crippen molar-refractivity contribution in [3.05, 3.63) is 65.7 Å². The first-order valence-electron chi connectivity index (χ1n) is 7.55. The van der Waals surface area contributed by atoms with Gasteiger partial charge in [0.1, 0.15) is 0 Å². The van der Waals surface area contributed by atoms with E-state index in [1.807, 2.05) is 54.6 Å². The Morgan fingerprint density at radius 3 is 2.45 bits per heavy atom. The molecule has 0 aliphatic carbocycles. The fraction of sp³-hybridized carbons (Fsp3) is 0.278. The van der Waals surface area contributed by atoms with E-state index < -0.39 is 0 Å². The molecule has 2 aromatic carbocycles. The molecule has 0 saturated heterocycles. The van der Waals surface area contributed by atoms with Gasteiger partial charge in [-0.05, 0) is 30.0 Å². The highest BCUT2D eigenvalue weighted by Crippen LogP contribution is 2.18. The van der Waals surface area contributed by atoms with Gasteiger partial charge < -0.3 is 15.7 Å². The Hall–Kier alpha value is -2.33. The van der Waals surface area contributed by atoms with Crippen LogP contribution in [0, 0.1) is 0 Å². The summed E-state index contributed by atoms with van der Waals surface area (Å²) < 4.78 is 0. The van der Waals surface area contributed by atoms with Crippen LogP contribution in [0.4, 0.5) is 10.5 Å². The number of benzene rings is 2. The molecule has 0 spiro atoms. The van der Waals surface area contributed by atoms with Crippen molar-refractivity contribution < 1.29 is 9.90 Å². The zero-order valence-corrected chi connectivity index (χ0v) is 12.8. The Kier molecular flexibility index (Phi) is 5.98. The van der Waals surface area contributed by atoms with Crippen LogP contribution in [0.25, 0.3) is 0 Å². The molecule has 0 fully saturated rings. The van der Waals surface area contributed by atoms with Crippen molar-refractivity contribution in [2.75, 3.05) is 11.9 Å². The SMILES string of the molecule is CCc1ccccc1NC(=O)N[C@H](CCO)c1ccccc1. The summed E-state index contributed by atoms with van der Waals surface area (Å²) in [4.78, 5) is 12.2. The predicted molar refractivity (Wildman–Crippen MR) is 88.9 cm³/mol. The van der Waals surface area contributed by atoms with Crippen LogP contribution >= 0.6 is 0 Å². The summed E-state index contributed by atoms with van der Waals surface area (Å²) in [5.41, 5.74) is 2.89. The van der Waals surface area contributed by atoms with E-state index in [-0.39, 0.29) is 18.7 Å². The summed E-state index contributed by atoms with van der Waals surface area (Å²) in [6.45, 7) is 2.07. The lowest BCUT2D eigenvalue weighted by molar-refractivity contribution is 0.239. The highest BCUT2D eigenvalue weighted by Gasteiger charge is 2.14. The molecule has 0 bridgehead atoms. The largest absolute Gasteiger partial charge is 0.396 e. The number of hydrogen-bond donors (Lipinski definition) is 3. The first-order chi connectivity index (χ1) is 10.7. The number of hydrogen-bond acceptors (Lipinski definition) is 2. The highest BCUT2D eigenvalue weighted by molar-refractivity contribution is 5.90. The molecule has 0 radical (unpaired) electrons. The number of aliphatic hydroxyl groups excluding tert-OH is 1. The zero-order chi connectivity index (χ0) is 15.8. The second-order valence-corrected chi connectivity index (χ2v) is 5.08. The molecule has 4 nitrogen and oxygen atoms in total. The average molecular weight is 298 g/mol. The summed E-state index contributed by atoms with van der Waals surface area (Å²) in [6.07, 6.45) is 1.34. The van der Waals surface area contributed by atoms with Crippen molar-refractivity contribution in [2.24, 2.45) is 0 Å². The van der Waals surface area contributed by atoms with Crippen LogP contribution < -0.4 is 10.6 Å². The number of urea groups is 1. The van der Waals surface area contributed by atoms with Crippen LogP contribution in [-0.4, -0.2) is 17.7 Å². The number of carbonyl (C=O) groups excluding carboxylic acids is 1. The molecular weight excluding hydrogens is 276 g/mol. The highest BCUT2D eigenvalue weighted by atomic mass is 16.3. The summed E-state index contributed by atoms with van der Waals surface area (Å²) in [7, 11) is 0. The molecule has 0 aliphatic heterocycles. The molecule has 0 saturated carbocycles. The van der Waals surface area contributed by atoms with Crippen LogP contribution in [0.2, 0.25) is 0 Å². The van der Waals surface area contributed by atoms with Gasteiger partial charge in [0.25, 0.3) is 0 Å². The molecule has 3 N–H and O–H groups in total. The second-order valence-electron chi connectivity index (χ2n) is 5.08. The number of aliphatic hydroxyl groups is 1. The maximum atomic E-state index is 12.2. The van der Waals surface area contributed by atoms with Crippen LogP contribution in [-0.2, 0) is 6.42 Å². The van der Waals surface area contributed by atoms with Gasteiger partial charge in [-0.3, -0.25) is 0 Å². The van der Waals surface area contributed by atoms with Crippen LogP contribution in [0.3, 0.4) is 0 Å². The number of nitrogens with one attached hydrogen (secondary N) is 2. The minimum Gasteiger partial charge on any atom is -0.396 e. The van der Waals surface area contributed by atoms with Gasteiger partial charge >= 0.3 is 6.03 Å². The third-order valence-corrected chi connectivity index (χ3v) is 3.57. The molecule has 0 aromatic heterocycles. The number of carbonyl (C=O) groups is 1. The van der Waals surface area contributed by atoms with Gasteiger partial charge in [-0.15, -0.1) is 0 Å². The molecule has 2 amide bonds. The van der Waals surface area contributed by atoms with Crippen LogP contribution in [0.15, 0.2) is 54.6 Å². The molecular formula is C18H22N2O2. The molecule has 22 heavy (non-hydrogen) atoms. The van der Waals surface area contributed by atoms with Crippen molar-refractivity contribution in [1.29, 1.82) is 0 Å². The minimum atomic E-state index is -0.261. The Balaban J connectivity index is 2.05. The summed E-state index contributed by atoms with van der Waals surface area (Å²) in [5, 5.41) is 15.0. The van der Waals surface area contributed by atoms with E-state index in [9.17, 15) is 9.90 Å². The topological polar surface area (TPSA) is 61.4 Å². The summed E-state index contributed by atoms with van der Waals surface area (Å²) in [6, 6.07) is 16.9. The average Bonchev–Trinajstić information content (AvgIpc) is 2.56. The molecule has 0 aliphatic rings. The number of anilines is 1. The second kappa shape index (κ2) is 8.20. The Bertz CT molecular complexity index is 599. The first kappa shape index (κ1) is 16.0. The first-order valence-corrected chi connectivity index (χ1v) is 7.55. The van der Waals surface area contributed by atoms with Crippen LogP contribution in [0.5, 0.6) is 0 Å². The Morgan fingerprint density at radius 1 is 1.09 bits per heavy atom. The van der Waals surface area contributed by atoms with E-state index >= 15 is 0 Å². The van der Waals surface area contributed by atoms with E-state index in [0.29, 0.717) is 6.42 Å². The summed E-state index contributed by atoms with van der Waals surface area (Å²) >= 11 is 0. The molecule has 0 unspecified atom stereocenters. The van der Waals surface area contributed by atoms with Gasteiger partial charge in [-0.1, -0.05) is 55.5 Å². The smallest absolute Gasteiger partial charge is 0.319 e. The normalized spacial score (nSPS) is 11.7. The van der Waals surface area contributed by atoms with E-state index in [4.69, 9.17) is 0 Å².